The van der Waals surface area contributed by atoms with Crippen LogP contribution in [-0.2, 0) is 6.61 Å². The molecule has 0 saturated heterocycles. The van der Waals surface area contributed by atoms with Crippen LogP contribution in [-0.4, -0.2) is 0 Å². The van der Waals surface area contributed by atoms with Crippen molar-refractivity contribution in [2.45, 2.75) is 26.5 Å². The Morgan fingerprint density at radius 2 is 2.00 bits per heavy atom. The van der Waals surface area contributed by atoms with Gasteiger partial charge in [-0.1, -0.05) is 29.8 Å². The molecule has 2 N–H and O–H groups in total. The molecule has 0 amide bonds. The van der Waals surface area contributed by atoms with Crippen molar-refractivity contribution in [3.8, 4) is 5.75 Å². The average molecular weight is 294 g/mol. The van der Waals surface area contributed by atoms with Gasteiger partial charge in [0.1, 0.15) is 18.2 Å². The maximum Gasteiger partial charge on any atom is 0.124 e. The lowest BCUT2D eigenvalue weighted by atomic mass is 10.1. The molecular formula is C16H17ClFNO. The largest absolute Gasteiger partial charge is 0.488 e. The molecule has 0 spiro atoms. The fourth-order valence-corrected chi connectivity index (χ4v) is 2.16. The standard InChI is InChI=1S/C16H17ClFNO/c1-10-3-6-14(11(2)19)16(7-10)20-9-12-4-5-13(18)8-15(12)17/h3-8,11H,9,19H2,1-2H3/t11-/m1/s1. The summed E-state index contributed by atoms with van der Waals surface area (Å²) in [6.07, 6.45) is 0. The number of hydrogen-bond donors (Lipinski definition) is 1. The molecule has 2 rings (SSSR count). The Kier molecular flexibility index (Phi) is 4.63. The molecule has 2 aromatic rings. The zero-order valence-corrected chi connectivity index (χ0v) is 12.2. The number of benzene rings is 2. The summed E-state index contributed by atoms with van der Waals surface area (Å²) in [5, 5.41) is 0.361. The summed E-state index contributed by atoms with van der Waals surface area (Å²) in [7, 11) is 0. The normalized spacial score (nSPS) is 12.2. The number of hydrogen-bond acceptors (Lipinski definition) is 2. The van der Waals surface area contributed by atoms with E-state index in [1.807, 2.05) is 32.0 Å². The molecule has 106 valence electrons. The zero-order chi connectivity index (χ0) is 14.7. The quantitative estimate of drug-likeness (QED) is 0.907. The van der Waals surface area contributed by atoms with Gasteiger partial charge in [0.15, 0.2) is 0 Å². The molecule has 0 aliphatic rings. The monoisotopic (exact) mass is 293 g/mol. The van der Waals surface area contributed by atoms with Crippen molar-refractivity contribution in [1.29, 1.82) is 0 Å². The molecule has 0 unspecified atom stereocenters. The molecule has 2 aromatic carbocycles. The van der Waals surface area contributed by atoms with Gasteiger partial charge in [-0.25, -0.2) is 4.39 Å². The Bertz CT molecular complexity index is 613. The van der Waals surface area contributed by atoms with Gasteiger partial charge in [0.25, 0.3) is 0 Å². The minimum absolute atomic E-state index is 0.116. The Morgan fingerprint density at radius 3 is 2.65 bits per heavy atom. The van der Waals surface area contributed by atoms with Gasteiger partial charge in [-0.3, -0.25) is 0 Å². The summed E-state index contributed by atoms with van der Waals surface area (Å²) in [5.41, 5.74) is 8.70. The van der Waals surface area contributed by atoms with E-state index in [0.717, 1.165) is 22.4 Å². The van der Waals surface area contributed by atoms with Crippen LogP contribution in [0.5, 0.6) is 5.75 Å². The zero-order valence-electron chi connectivity index (χ0n) is 11.5. The molecule has 0 saturated carbocycles. The molecule has 0 radical (unpaired) electrons. The highest BCUT2D eigenvalue weighted by Gasteiger charge is 2.10. The van der Waals surface area contributed by atoms with Gasteiger partial charge in [-0.05, 0) is 37.6 Å². The van der Waals surface area contributed by atoms with Crippen molar-refractivity contribution in [3.05, 3.63) is 63.9 Å². The van der Waals surface area contributed by atoms with E-state index in [0.29, 0.717) is 5.02 Å². The van der Waals surface area contributed by atoms with E-state index in [-0.39, 0.29) is 18.5 Å². The van der Waals surface area contributed by atoms with E-state index in [1.54, 1.807) is 6.07 Å². The van der Waals surface area contributed by atoms with E-state index in [2.05, 4.69) is 0 Å². The number of nitrogens with two attached hydrogens (primary N) is 1. The first kappa shape index (κ1) is 14.8. The van der Waals surface area contributed by atoms with Crippen molar-refractivity contribution >= 4 is 11.6 Å². The minimum atomic E-state index is -0.356. The Balaban J connectivity index is 2.20. The second-order valence-corrected chi connectivity index (χ2v) is 5.26. The number of ether oxygens (including phenoxy) is 1. The van der Waals surface area contributed by atoms with Crippen LogP contribution in [0.15, 0.2) is 36.4 Å². The molecule has 2 nitrogen and oxygen atoms in total. The van der Waals surface area contributed by atoms with Gasteiger partial charge in [0.05, 0.1) is 5.02 Å². The highest BCUT2D eigenvalue weighted by atomic mass is 35.5. The first-order valence-corrected chi connectivity index (χ1v) is 6.78. The Morgan fingerprint density at radius 1 is 1.25 bits per heavy atom. The molecule has 1 atom stereocenters. The lowest BCUT2D eigenvalue weighted by Crippen LogP contribution is -2.08. The minimum Gasteiger partial charge on any atom is -0.488 e. The molecular weight excluding hydrogens is 277 g/mol. The highest BCUT2D eigenvalue weighted by molar-refractivity contribution is 6.31. The summed E-state index contributed by atoms with van der Waals surface area (Å²) in [6.45, 7) is 4.17. The molecule has 0 bridgehead atoms. The van der Waals surface area contributed by atoms with E-state index in [4.69, 9.17) is 22.1 Å². The van der Waals surface area contributed by atoms with Crippen molar-refractivity contribution in [1.82, 2.24) is 0 Å². The average Bonchev–Trinajstić information content (AvgIpc) is 2.37. The van der Waals surface area contributed by atoms with Gasteiger partial charge < -0.3 is 10.5 Å². The summed E-state index contributed by atoms with van der Waals surface area (Å²) in [4.78, 5) is 0. The van der Waals surface area contributed by atoms with Crippen LogP contribution in [0.2, 0.25) is 5.02 Å². The van der Waals surface area contributed by atoms with Crippen LogP contribution < -0.4 is 10.5 Å². The SMILES string of the molecule is Cc1ccc([C@@H](C)N)c(OCc2ccc(F)cc2Cl)c1. The lowest BCUT2D eigenvalue weighted by molar-refractivity contribution is 0.301. The van der Waals surface area contributed by atoms with Crippen LogP contribution >= 0.6 is 11.6 Å². The van der Waals surface area contributed by atoms with Gasteiger partial charge in [-0.15, -0.1) is 0 Å². The summed E-state index contributed by atoms with van der Waals surface area (Å²) in [5.74, 6) is 0.381. The second-order valence-electron chi connectivity index (χ2n) is 4.85. The van der Waals surface area contributed by atoms with Gasteiger partial charge in [0.2, 0.25) is 0 Å². The van der Waals surface area contributed by atoms with Gasteiger partial charge in [-0.2, -0.15) is 0 Å². The molecule has 0 aromatic heterocycles. The number of rotatable bonds is 4. The fraction of sp³-hybridized carbons (Fsp3) is 0.250. The molecule has 0 fully saturated rings. The summed E-state index contributed by atoms with van der Waals surface area (Å²) < 4.78 is 18.8. The van der Waals surface area contributed by atoms with Crippen LogP contribution in [0.3, 0.4) is 0 Å². The van der Waals surface area contributed by atoms with Crippen molar-refractivity contribution in [2.75, 3.05) is 0 Å². The van der Waals surface area contributed by atoms with Crippen molar-refractivity contribution < 1.29 is 9.13 Å². The van der Waals surface area contributed by atoms with Gasteiger partial charge >= 0.3 is 0 Å². The Labute approximate surface area is 123 Å². The third kappa shape index (κ3) is 3.50. The lowest BCUT2D eigenvalue weighted by Gasteiger charge is -2.15. The molecule has 20 heavy (non-hydrogen) atoms. The number of aryl methyl sites for hydroxylation is 1. The van der Waals surface area contributed by atoms with E-state index < -0.39 is 0 Å². The highest BCUT2D eigenvalue weighted by Crippen LogP contribution is 2.27. The van der Waals surface area contributed by atoms with E-state index >= 15 is 0 Å². The maximum atomic E-state index is 13.0. The van der Waals surface area contributed by atoms with Crippen molar-refractivity contribution in [2.24, 2.45) is 5.73 Å². The molecule has 0 aliphatic heterocycles. The molecule has 0 aliphatic carbocycles. The van der Waals surface area contributed by atoms with Crippen molar-refractivity contribution in [3.63, 3.8) is 0 Å². The van der Waals surface area contributed by atoms with Crippen LogP contribution in [0.25, 0.3) is 0 Å². The molecule has 0 heterocycles. The van der Waals surface area contributed by atoms with Crippen LogP contribution in [0, 0.1) is 12.7 Å². The third-order valence-corrected chi connectivity index (χ3v) is 3.41. The fourth-order valence-electron chi connectivity index (χ4n) is 1.94. The first-order chi connectivity index (χ1) is 9.47. The second kappa shape index (κ2) is 6.25. The smallest absolute Gasteiger partial charge is 0.124 e. The van der Waals surface area contributed by atoms with E-state index in [9.17, 15) is 4.39 Å². The van der Waals surface area contributed by atoms with E-state index in [1.165, 1.54) is 12.1 Å². The summed E-state index contributed by atoms with van der Waals surface area (Å²) in [6, 6.07) is 10.1. The van der Waals surface area contributed by atoms with Crippen LogP contribution in [0.4, 0.5) is 4.39 Å². The summed E-state index contributed by atoms with van der Waals surface area (Å²) >= 11 is 5.98. The maximum absolute atomic E-state index is 13.0. The third-order valence-electron chi connectivity index (χ3n) is 3.06. The Hall–Kier alpha value is -1.58. The molecule has 4 heteroatoms. The first-order valence-electron chi connectivity index (χ1n) is 6.40. The topological polar surface area (TPSA) is 35.2 Å². The predicted octanol–water partition coefficient (Wildman–Crippen LogP) is 4.39. The van der Waals surface area contributed by atoms with Crippen LogP contribution in [0.1, 0.15) is 29.7 Å². The van der Waals surface area contributed by atoms with Gasteiger partial charge in [0, 0.05) is 17.2 Å². The predicted molar refractivity (Wildman–Crippen MR) is 79.5 cm³/mol. The number of halogens is 2.